The first-order valence-corrected chi connectivity index (χ1v) is 9.25. The summed E-state index contributed by atoms with van der Waals surface area (Å²) in [5, 5.41) is 20.7. The van der Waals surface area contributed by atoms with E-state index in [0.717, 1.165) is 6.26 Å². The molecule has 0 unspecified atom stereocenters. The Bertz CT molecular complexity index is 904. The Morgan fingerprint density at radius 2 is 1.50 bits per heavy atom. The zero-order chi connectivity index (χ0) is 18.6. The van der Waals surface area contributed by atoms with Gasteiger partial charge < -0.3 is 15.0 Å². The Labute approximate surface area is 173 Å². The number of carboxylic acid groups (broad SMARTS) is 1. The van der Waals surface area contributed by atoms with Crippen LogP contribution < -0.4 is 34.7 Å². The van der Waals surface area contributed by atoms with E-state index in [4.69, 9.17) is 5.11 Å². The van der Waals surface area contributed by atoms with Crippen LogP contribution in [0.25, 0.3) is 5.57 Å². The third-order valence-electron chi connectivity index (χ3n) is 3.61. The van der Waals surface area contributed by atoms with Crippen LogP contribution in [0.1, 0.15) is 17.5 Å². The van der Waals surface area contributed by atoms with Crippen LogP contribution >= 0.6 is 0 Å². The minimum atomic E-state index is -3.40. The Kier molecular flexibility index (Phi) is 8.17. The average molecular weight is 386 g/mol. The first-order valence-electron chi connectivity index (χ1n) is 7.36. The molecule has 0 saturated heterocycles. The third kappa shape index (κ3) is 5.49. The maximum absolute atomic E-state index is 13.2. The molecule has 8 heteroatoms. The number of aliphatic carboxylic acids is 1. The maximum atomic E-state index is 13.2. The van der Waals surface area contributed by atoms with Crippen LogP contribution in [-0.4, -0.2) is 32.4 Å². The molecule has 2 aromatic carbocycles. The number of carbonyl (C=O) groups excluding carboxylic acids is 1. The number of sulfone groups is 1. The van der Waals surface area contributed by atoms with Gasteiger partial charge in [-0.15, -0.1) is 0 Å². The molecular formula is C18H16FNaO5S. The van der Waals surface area contributed by atoms with E-state index in [1.807, 2.05) is 0 Å². The van der Waals surface area contributed by atoms with Gasteiger partial charge in [0.15, 0.2) is 9.84 Å². The third-order valence-corrected chi connectivity index (χ3v) is 4.74. The van der Waals surface area contributed by atoms with E-state index >= 15 is 0 Å². The van der Waals surface area contributed by atoms with Crippen molar-refractivity contribution in [2.45, 2.75) is 11.3 Å². The maximum Gasteiger partial charge on any atom is 1.00 e. The van der Waals surface area contributed by atoms with E-state index in [2.05, 4.69) is 0 Å². The van der Waals surface area contributed by atoms with Crippen LogP contribution in [0, 0.1) is 5.82 Å². The van der Waals surface area contributed by atoms with Crippen molar-refractivity contribution in [3.05, 3.63) is 71.0 Å². The van der Waals surface area contributed by atoms with Gasteiger partial charge in [-0.3, -0.25) is 0 Å². The van der Waals surface area contributed by atoms with Crippen molar-refractivity contribution in [2.24, 2.45) is 0 Å². The molecule has 26 heavy (non-hydrogen) atoms. The van der Waals surface area contributed by atoms with Crippen LogP contribution in [0.2, 0.25) is 0 Å². The van der Waals surface area contributed by atoms with E-state index in [1.165, 1.54) is 48.5 Å². The standard InChI is InChI=1S/C18H17FO5S.Na/c1-25(23,24)15-8-4-13(5-9-15)17(16(10-11-20)18(21)22)12-2-6-14(19)7-3-12;/h2-9,20H,10-11H2,1H3,(H,21,22);/q;+1/p-1/b17-16+;. The largest absolute Gasteiger partial charge is 1.00 e. The van der Waals surface area contributed by atoms with Crippen molar-refractivity contribution in [3.8, 4) is 0 Å². The zero-order valence-corrected chi connectivity index (χ0v) is 17.2. The minimum Gasteiger partial charge on any atom is -0.545 e. The number of aliphatic hydroxyl groups is 1. The zero-order valence-electron chi connectivity index (χ0n) is 14.4. The molecule has 0 radical (unpaired) electrons. The molecular weight excluding hydrogens is 370 g/mol. The van der Waals surface area contributed by atoms with Crippen LogP contribution in [0.5, 0.6) is 0 Å². The van der Waals surface area contributed by atoms with Crippen molar-refractivity contribution < 1.29 is 57.4 Å². The predicted octanol–water partition coefficient (Wildman–Crippen LogP) is -1.83. The molecule has 0 aliphatic rings. The van der Waals surface area contributed by atoms with Crippen LogP contribution in [0.15, 0.2) is 59.0 Å². The Hall–Kier alpha value is -1.51. The number of hydrogen-bond acceptors (Lipinski definition) is 5. The van der Waals surface area contributed by atoms with E-state index in [0.29, 0.717) is 11.1 Å². The van der Waals surface area contributed by atoms with Gasteiger partial charge in [0, 0.05) is 12.9 Å². The van der Waals surface area contributed by atoms with Gasteiger partial charge >= 0.3 is 29.6 Å². The van der Waals surface area contributed by atoms with Gasteiger partial charge in [0.05, 0.1) is 10.9 Å². The summed E-state index contributed by atoms with van der Waals surface area (Å²) in [6, 6.07) is 10.9. The summed E-state index contributed by atoms with van der Waals surface area (Å²) in [5.74, 6) is -1.94. The summed E-state index contributed by atoms with van der Waals surface area (Å²) in [6.07, 6.45) is 0.903. The molecule has 0 aliphatic carbocycles. The van der Waals surface area contributed by atoms with E-state index < -0.39 is 28.2 Å². The van der Waals surface area contributed by atoms with Gasteiger partial charge in [0.2, 0.25) is 0 Å². The summed E-state index contributed by atoms with van der Waals surface area (Å²) in [5.41, 5.74) is 0.933. The summed E-state index contributed by atoms with van der Waals surface area (Å²) in [7, 11) is -3.40. The normalized spacial score (nSPS) is 12.1. The molecule has 0 aromatic heterocycles. The summed E-state index contributed by atoms with van der Waals surface area (Å²) >= 11 is 0. The van der Waals surface area contributed by atoms with Gasteiger partial charge in [-0.1, -0.05) is 24.3 Å². The van der Waals surface area contributed by atoms with E-state index in [1.54, 1.807) is 0 Å². The number of hydrogen-bond donors (Lipinski definition) is 1. The molecule has 0 amide bonds. The fourth-order valence-corrected chi connectivity index (χ4v) is 3.07. The molecule has 0 aliphatic heterocycles. The topological polar surface area (TPSA) is 94.5 Å². The second-order valence-electron chi connectivity index (χ2n) is 5.42. The molecule has 0 atom stereocenters. The summed E-state index contributed by atoms with van der Waals surface area (Å²) in [4.78, 5) is 11.6. The number of carboxylic acids is 1. The molecule has 0 saturated carbocycles. The Balaban J connectivity index is 0.00000338. The van der Waals surface area contributed by atoms with E-state index in [9.17, 15) is 22.7 Å². The van der Waals surface area contributed by atoms with E-state index in [-0.39, 0.29) is 52.0 Å². The fourth-order valence-electron chi connectivity index (χ4n) is 2.44. The van der Waals surface area contributed by atoms with Crippen molar-refractivity contribution in [1.29, 1.82) is 0 Å². The minimum absolute atomic E-state index is 0. The van der Waals surface area contributed by atoms with Gasteiger partial charge in [0.25, 0.3) is 0 Å². The Morgan fingerprint density at radius 3 is 1.88 bits per heavy atom. The second-order valence-corrected chi connectivity index (χ2v) is 7.43. The molecule has 132 valence electrons. The molecule has 0 bridgehead atoms. The van der Waals surface area contributed by atoms with Gasteiger partial charge in [-0.2, -0.15) is 0 Å². The molecule has 0 fully saturated rings. The number of halogens is 1. The monoisotopic (exact) mass is 386 g/mol. The quantitative estimate of drug-likeness (QED) is 0.466. The number of aliphatic hydroxyl groups excluding tert-OH is 1. The van der Waals surface area contributed by atoms with Crippen molar-refractivity contribution in [1.82, 2.24) is 0 Å². The number of carbonyl (C=O) groups is 1. The molecule has 2 rings (SSSR count). The molecule has 5 nitrogen and oxygen atoms in total. The van der Waals surface area contributed by atoms with Crippen molar-refractivity contribution in [3.63, 3.8) is 0 Å². The summed E-state index contributed by atoms with van der Waals surface area (Å²) in [6.45, 7) is -0.407. The number of rotatable bonds is 6. The number of benzene rings is 2. The van der Waals surface area contributed by atoms with Gasteiger partial charge in [0.1, 0.15) is 5.82 Å². The average Bonchev–Trinajstić information content (AvgIpc) is 2.55. The van der Waals surface area contributed by atoms with Crippen LogP contribution in [0.3, 0.4) is 0 Å². The van der Waals surface area contributed by atoms with Gasteiger partial charge in [-0.25, -0.2) is 12.8 Å². The van der Waals surface area contributed by atoms with Crippen LogP contribution in [0.4, 0.5) is 4.39 Å². The molecule has 0 spiro atoms. The summed E-state index contributed by atoms with van der Waals surface area (Å²) < 4.78 is 36.3. The fraction of sp³-hybridized carbons (Fsp3) is 0.167. The smallest absolute Gasteiger partial charge is 0.545 e. The van der Waals surface area contributed by atoms with Crippen LogP contribution in [-0.2, 0) is 14.6 Å². The predicted molar refractivity (Wildman–Crippen MR) is 88.7 cm³/mol. The second kappa shape index (κ2) is 9.43. The first-order chi connectivity index (χ1) is 11.7. The molecule has 2 aromatic rings. The van der Waals surface area contributed by atoms with Gasteiger partial charge in [-0.05, 0) is 53.0 Å². The molecule has 0 heterocycles. The SMILES string of the molecule is CS(=O)(=O)c1ccc(/C(=C(\CCO)C(=O)[O-])c2ccc(F)cc2)cc1.[Na+]. The van der Waals surface area contributed by atoms with Crippen molar-refractivity contribution in [2.75, 3.05) is 12.9 Å². The van der Waals surface area contributed by atoms with Crippen molar-refractivity contribution >= 4 is 21.4 Å². The molecule has 1 N–H and O–H groups in total. The first kappa shape index (κ1) is 22.5. The Morgan fingerprint density at radius 1 is 1.04 bits per heavy atom.